The Hall–Kier alpha value is 0.0400. The first-order chi connectivity index (χ1) is 6.34. The molecule has 0 spiro atoms. The minimum absolute atomic E-state index is 0.125. The molecule has 0 fully saturated rings. The fourth-order valence-electron chi connectivity index (χ4n) is 0.906. The first-order valence-electron chi connectivity index (χ1n) is 4.33. The molecule has 0 aromatic rings. The van der Waals surface area contributed by atoms with E-state index in [1.807, 2.05) is 13.8 Å². The third-order valence-electron chi connectivity index (χ3n) is 1.84. The summed E-state index contributed by atoms with van der Waals surface area (Å²) >= 11 is 5.18. The number of rotatable bonds is 5. The van der Waals surface area contributed by atoms with Crippen molar-refractivity contribution in [3.63, 3.8) is 0 Å². The normalized spacial score (nSPS) is 17.6. The van der Waals surface area contributed by atoms with Crippen LogP contribution in [0.25, 0.3) is 0 Å². The Morgan fingerprint density at radius 3 is 2.21 bits per heavy atom. The maximum Gasteiger partial charge on any atom is 0.323 e. The summed E-state index contributed by atoms with van der Waals surface area (Å²) in [5.41, 5.74) is 0. The lowest BCUT2D eigenvalue weighted by molar-refractivity contribution is -0.143. The number of carbonyl (C=O) groups excluding carboxylic acids is 1. The molecule has 0 heterocycles. The van der Waals surface area contributed by atoms with E-state index in [2.05, 4.69) is 9.82 Å². The fraction of sp³-hybridized carbons (Fsp3) is 0.875. The molecule has 84 valence electrons. The molecule has 0 rings (SSSR count). The van der Waals surface area contributed by atoms with Gasteiger partial charge in [0.1, 0.15) is 12.5 Å². The highest BCUT2D eigenvalue weighted by atomic mass is 32.4. The van der Waals surface area contributed by atoms with Crippen LogP contribution in [0.3, 0.4) is 0 Å². The zero-order valence-electron chi connectivity index (χ0n) is 9.23. The van der Waals surface area contributed by atoms with Gasteiger partial charge in [-0.15, -0.1) is 0 Å². The largest absolute Gasteiger partial charge is 0.468 e. The SMILES string of the molecule is COC(=O)[C@@H](NP(C)(=S)OC)C(C)C. The van der Waals surface area contributed by atoms with E-state index in [9.17, 15) is 4.79 Å². The minimum atomic E-state index is -2.07. The van der Waals surface area contributed by atoms with Gasteiger partial charge in [0, 0.05) is 13.8 Å². The van der Waals surface area contributed by atoms with Gasteiger partial charge in [-0.1, -0.05) is 25.7 Å². The molecule has 0 bridgehead atoms. The van der Waals surface area contributed by atoms with Crippen molar-refractivity contribution in [1.82, 2.24) is 5.09 Å². The quantitative estimate of drug-likeness (QED) is 0.580. The van der Waals surface area contributed by atoms with Crippen LogP contribution in [0.5, 0.6) is 0 Å². The first-order valence-corrected chi connectivity index (χ1v) is 7.49. The van der Waals surface area contributed by atoms with Gasteiger partial charge < -0.3 is 9.26 Å². The van der Waals surface area contributed by atoms with Gasteiger partial charge in [-0.3, -0.25) is 9.88 Å². The number of ether oxygens (including phenoxy) is 1. The average molecular weight is 239 g/mol. The van der Waals surface area contributed by atoms with Crippen molar-refractivity contribution >= 4 is 24.2 Å². The second-order valence-electron chi connectivity index (χ2n) is 3.40. The Labute approximate surface area is 90.5 Å². The predicted octanol–water partition coefficient (Wildman–Crippen LogP) is 1.36. The van der Waals surface area contributed by atoms with Crippen LogP contribution >= 0.6 is 6.42 Å². The van der Waals surface area contributed by atoms with Gasteiger partial charge in [0.25, 0.3) is 0 Å². The molecule has 0 amide bonds. The molecule has 0 aromatic carbocycles. The van der Waals surface area contributed by atoms with Crippen molar-refractivity contribution in [2.45, 2.75) is 19.9 Å². The average Bonchev–Trinajstić information content (AvgIpc) is 2.13. The second kappa shape index (κ2) is 5.81. The summed E-state index contributed by atoms with van der Waals surface area (Å²) in [7, 11) is 2.91. The molecule has 6 heteroatoms. The van der Waals surface area contributed by atoms with Crippen LogP contribution in [0.15, 0.2) is 0 Å². The Kier molecular flexibility index (Phi) is 5.83. The van der Waals surface area contributed by atoms with Crippen molar-refractivity contribution in [1.29, 1.82) is 0 Å². The number of methoxy groups -OCH3 is 1. The van der Waals surface area contributed by atoms with Gasteiger partial charge in [0.15, 0.2) is 0 Å². The number of nitrogens with one attached hydrogen (secondary N) is 1. The van der Waals surface area contributed by atoms with Crippen LogP contribution in [0.1, 0.15) is 13.8 Å². The molecule has 14 heavy (non-hydrogen) atoms. The standard InChI is InChI=1S/C8H18NO3PS/c1-6(2)7(8(10)11-3)9-13(5,14)12-4/h6-7H,1-5H3,(H,9,14)/t7-,13?/m0/s1. The Morgan fingerprint density at radius 2 is 1.93 bits per heavy atom. The summed E-state index contributed by atoms with van der Waals surface area (Å²) in [6.45, 7) is 5.65. The summed E-state index contributed by atoms with van der Waals surface area (Å²) in [6.07, 6.45) is -2.07. The molecular weight excluding hydrogens is 221 g/mol. The van der Waals surface area contributed by atoms with E-state index in [0.717, 1.165) is 0 Å². The Bertz CT molecular complexity index is 245. The highest BCUT2D eigenvalue weighted by Gasteiger charge is 2.26. The topological polar surface area (TPSA) is 47.6 Å². The number of hydrogen-bond acceptors (Lipinski definition) is 4. The smallest absolute Gasteiger partial charge is 0.323 e. The fourth-order valence-corrected chi connectivity index (χ4v) is 2.26. The molecule has 0 saturated heterocycles. The monoisotopic (exact) mass is 239 g/mol. The van der Waals surface area contributed by atoms with E-state index in [1.165, 1.54) is 7.11 Å². The van der Waals surface area contributed by atoms with Crippen molar-refractivity contribution in [2.75, 3.05) is 20.9 Å². The second-order valence-corrected chi connectivity index (χ2v) is 7.81. The third kappa shape index (κ3) is 4.51. The van der Waals surface area contributed by atoms with E-state index >= 15 is 0 Å². The first kappa shape index (κ1) is 14.0. The molecule has 0 aromatic heterocycles. The van der Waals surface area contributed by atoms with Crippen molar-refractivity contribution in [3.05, 3.63) is 0 Å². The van der Waals surface area contributed by atoms with Gasteiger partial charge >= 0.3 is 5.97 Å². The molecule has 1 N–H and O–H groups in total. The summed E-state index contributed by atoms with van der Waals surface area (Å²) in [6, 6.07) is -0.393. The van der Waals surface area contributed by atoms with Gasteiger partial charge in [-0.2, -0.15) is 0 Å². The zero-order valence-corrected chi connectivity index (χ0v) is 10.9. The molecular formula is C8H18NO3PS. The third-order valence-corrected chi connectivity index (χ3v) is 4.05. The van der Waals surface area contributed by atoms with Crippen LogP contribution in [0, 0.1) is 5.92 Å². The summed E-state index contributed by atoms with van der Waals surface area (Å²) in [5.74, 6) is -0.173. The van der Waals surface area contributed by atoms with E-state index in [4.69, 9.17) is 16.3 Å². The molecule has 1 unspecified atom stereocenters. The van der Waals surface area contributed by atoms with Crippen molar-refractivity contribution < 1.29 is 14.1 Å². The highest BCUT2D eigenvalue weighted by molar-refractivity contribution is 8.11. The van der Waals surface area contributed by atoms with E-state index < -0.39 is 12.5 Å². The molecule has 0 aliphatic heterocycles. The predicted molar refractivity (Wildman–Crippen MR) is 61.0 cm³/mol. The Morgan fingerprint density at radius 1 is 1.43 bits per heavy atom. The molecule has 0 aliphatic rings. The van der Waals surface area contributed by atoms with Crippen molar-refractivity contribution in [2.24, 2.45) is 5.92 Å². The van der Waals surface area contributed by atoms with E-state index in [0.29, 0.717) is 0 Å². The molecule has 0 aliphatic carbocycles. The number of carbonyl (C=O) groups is 1. The van der Waals surface area contributed by atoms with Gasteiger partial charge in [0.05, 0.1) is 7.11 Å². The number of hydrogen-bond donors (Lipinski definition) is 1. The van der Waals surface area contributed by atoms with E-state index in [-0.39, 0.29) is 11.9 Å². The van der Waals surface area contributed by atoms with Crippen LogP contribution in [0.2, 0.25) is 0 Å². The molecule has 4 nitrogen and oxygen atoms in total. The highest BCUT2D eigenvalue weighted by Crippen LogP contribution is 2.38. The zero-order chi connectivity index (χ0) is 11.4. The maximum absolute atomic E-state index is 11.4. The van der Waals surface area contributed by atoms with Crippen LogP contribution in [-0.2, 0) is 25.9 Å². The lowest BCUT2D eigenvalue weighted by Crippen LogP contribution is -2.39. The Balaban J connectivity index is 4.54. The van der Waals surface area contributed by atoms with E-state index in [1.54, 1.807) is 13.8 Å². The minimum Gasteiger partial charge on any atom is -0.468 e. The number of esters is 1. The molecule has 2 atom stereocenters. The summed E-state index contributed by atoms with van der Waals surface area (Å²) < 4.78 is 9.80. The van der Waals surface area contributed by atoms with Crippen LogP contribution < -0.4 is 5.09 Å². The van der Waals surface area contributed by atoms with Crippen LogP contribution in [0.4, 0.5) is 0 Å². The van der Waals surface area contributed by atoms with Gasteiger partial charge in [0.2, 0.25) is 0 Å². The van der Waals surface area contributed by atoms with Gasteiger partial charge in [-0.05, 0) is 5.92 Å². The lowest BCUT2D eigenvalue weighted by atomic mass is 10.1. The molecule has 0 saturated carbocycles. The van der Waals surface area contributed by atoms with Crippen LogP contribution in [-0.4, -0.2) is 32.9 Å². The lowest BCUT2D eigenvalue weighted by Gasteiger charge is -2.25. The van der Waals surface area contributed by atoms with Gasteiger partial charge in [-0.25, -0.2) is 0 Å². The summed E-state index contributed by atoms with van der Waals surface area (Å²) in [4.78, 5) is 11.4. The molecule has 0 radical (unpaired) electrons. The van der Waals surface area contributed by atoms with Crippen molar-refractivity contribution in [3.8, 4) is 0 Å². The summed E-state index contributed by atoms with van der Waals surface area (Å²) in [5, 5.41) is 3.02. The maximum atomic E-state index is 11.4.